The molecule has 0 amide bonds. The minimum atomic E-state index is -0.516. The Kier molecular flexibility index (Phi) is 2.54. The van der Waals surface area contributed by atoms with Crippen LogP contribution in [-0.2, 0) is 5.54 Å². The van der Waals surface area contributed by atoms with Gasteiger partial charge in [0, 0.05) is 11.6 Å². The highest BCUT2D eigenvalue weighted by molar-refractivity contribution is 5.47. The van der Waals surface area contributed by atoms with Crippen LogP contribution in [0.15, 0.2) is 18.2 Å². The molecule has 1 aromatic carbocycles. The minimum absolute atomic E-state index is 0.0153. The van der Waals surface area contributed by atoms with E-state index in [4.69, 9.17) is 4.74 Å². The lowest BCUT2D eigenvalue weighted by atomic mass is 9.93. The van der Waals surface area contributed by atoms with E-state index in [2.05, 4.69) is 5.32 Å². The van der Waals surface area contributed by atoms with Crippen molar-refractivity contribution in [2.45, 2.75) is 12.5 Å². The van der Waals surface area contributed by atoms with Crippen LogP contribution in [0.25, 0.3) is 0 Å². The summed E-state index contributed by atoms with van der Waals surface area (Å²) in [4.78, 5) is 0. The molecule has 0 aromatic heterocycles. The van der Waals surface area contributed by atoms with Crippen molar-refractivity contribution in [3.05, 3.63) is 23.8 Å². The Bertz CT molecular complexity index is 367. The van der Waals surface area contributed by atoms with E-state index in [1.807, 2.05) is 6.92 Å². The number of rotatable bonds is 3. The zero-order valence-electron chi connectivity index (χ0n) is 8.66. The molecular weight excluding hydrogens is 194 g/mol. The Morgan fingerprint density at radius 3 is 3.00 bits per heavy atom. The molecule has 0 fully saturated rings. The lowest BCUT2D eigenvalue weighted by Crippen LogP contribution is -2.47. The van der Waals surface area contributed by atoms with Crippen LogP contribution in [0.3, 0.4) is 0 Å². The summed E-state index contributed by atoms with van der Waals surface area (Å²) in [5.41, 5.74) is 0.391. The van der Waals surface area contributed by atoms with E-state index < -0.39 is 5.54 Å². The van der Waals surface area contributed by atoms with Gasteiger partial charge in [0.05, 0.1) is 6.61 Å². The molecule has 0 aliphatic carbocycles. The molecule has 4 heteroatoms. The topological polar surface area (TPSA) is 61.7 Å². The van der Waals surface area contributed by atoms with Crippen LogP contribution in [-0.4, -0.2) is 30.0 Å². The third-order valence-corrected chi connectivity index (χ3v) is 2.74. The molecule has 0 saturated carbocycles. The van der Waals surface area contributed by atoms with E-state index >= 15 is 0 Å². The molecule has 2 rings (SSSR count). The maximum Gasteiger partial charge on any atom is 0.128 e. The fraction of sp³-hybridized carbons (Fsp3) is 0.455. The highest BCUT2D eigenvalue weighted by atomic mass is 16.5. The van der Waals surface area contributed by atoms with Gasteiger partial charge in [-0.15, -0.1) is 0 Å². The fourth-order valence-electron chi connectivity index (χ4n) is 1.98. The van der Waals surface area contributed by atoms with Gasteiger partial charge in [-0.05, 0) is 18.7 Å². The average molecular weight is 209 g/mol. The van der Waals surface area contributed by atoms with Crippen LogP contribution in [0.5, 0.6) is 11.5 Å². The number of aliphatic hydroxyl groups is 1. The van der Waals surface area contributed by atoms with E-state index in [1.54, 1.807) is 18.2 Å². The summed E-state index contributed by atoms with van der Waals surface area (Å²) < 4.78 is 5.46. The van der Waals surface area contributed by atoms with Crippen molar-refractivity contribution in [1.82, 2.24) is 5.32 Å². The summed E-state index contributed by atoms with van der Waals surface area (Å²) in [6, 6.07) is 4.97. The quantitative estimate of drug-likeness (QED) is 0.681. The predicted octanol–water partition coefficient (Wildman–Crippen LogP) is 0.582. The van der Waals surface area contributed by atoms with E-state index in [1.165, 1.54) is 0 Å². The molecule has 1 atom stereocenters. The normalized spacial score (nSPS) is 23.6. The molecule has 0 bridgehead atoms. The lowest BCUT2D eigenvalue weighted by Gasteiger charge is -2.26. The third-order valence-electron chi connectivity index (χ3n) is 2.74. The van der Waals surface area contributed by atoms with Crippen LogP contribution >= 0.6 is 0 Å². The molecule has 1 aliphatic rings. The monoisotopic (exact) mass is 209 g/mol. The predicted molar refractivity (Wildman–Crippen MR) is 56.0 cm³/mol. The molecule has 0 radical (unpaired) electrons. The first-order valence-corrected chi connectivity index (χ1v) is 5.04. The first kappa shape index (κ1) is 10.3. The van der Waals surface area contributed by atoms with Crippen LogP contribution in [0.1, 0.15) is 12.5 Å². The van der Waals surface area contributed by atoms with Gasteiger partial charge in [0.25, 0.3) is 0 Å². The van der Waals surface area contributed by atoms with Crippen LogP contribution in [0, 0.1) is 0 Å². The zero-order valence-corrected chi connectivity index (χ0v) is 8.66. The fourth-order valence-corrected chi connectivity index (χ4v) is 1.98. The molecule has 0 saturated heterocycles. The molecule has 15 heavy (non-hydrogen) atoms. The standard InChI is InChI=1S/C11H15NO3/c1-2-12-11(6-13)7-15-10-5-8(14)3-4-9(10)11/h3-5,12-14H,2,6-7H2,1H3. The number of ether oxygens (including phenoxy) is 1. The molecular formula is C11H15NO3. The largest absolute Gasteiger partial charge is 0.508 e. The maximum absolute atomic E-state index is 9.46. The maximum atomic E-state index is 9.46. The highest BCUT2D eigenvalue weighted by Crippen LogP contribution is 2.38. The highest BCUT2D eigenvalue weighted by Gasteiger charge is 2.39. The summed E-state index contributed by atoms with van der Waals surface area (Å²) in [5, 5.41) is 22.0. The summed E-state index contributed by atoms with van der Waals surface area (Å²) >= 11 is 0. The van der Waals surface area contributed by atoms with Crippen molar-refractivity contribution >= 4 is 0 Å². The van der Waals surface area contributed by atoms with Gasteiger partial charge in [0.1, 0.15) is 23.6 Å². The van der Waals surface area contributed by atoms with Crippen molar-refractivity contribution in [3.8, 4) is 11.5 Å². The van der Waals surface area contributed by atoms with Crippen LogP contribution in [0.2, 0.25) is 0 Å². The van der Waals surface area contributed by atoms with Gasteiger partial charge in [-0.25, -0.2) is 0 Å². The van der Waals surface area contributed by atoms with Crippen LogP contribution in [0.4, 0.5) is 0 Å². The van der Waals surface area contributed by atoms with Gasteiger partial charge in [0.15, 0.2) is 0 Å². The second kappa shape index (κ2) is 3.72. The molecule has 1 aromatic rings. The Balaban J connectivity index is 2.41. The van der Waals surface area contributed by atoms with Gasteiger partial charge >= 0.3 is 0 Å². The molecule has 1 aliphatic heterocycles. The molecule has 1 heterocycles. The number of phenolic OH excluding ortho intramolecular Hbond substituents is 1. The molecule has 1 unspecified atom stereocenters. The van der Waals surface area contributed by atoms with E-state index in [9.17, 15) is 10.2 Å². The summed E-state index contributed by atoms with van der Waals surface area (Å²) in [7, 11) is 0. The summed E-state index contributed by atoms with van der Waals surface area (Å²) in [6.45, 7) is 3.12. The van der Waals surface area contributed by atoms with Gasteiger partial charge < -0.3 is 20.3 Å². The Hall–Kier alpha value is -1.26. The number of phenols is 1. The first-order valence-electron chi connectivity index (χ1n) is 5.04. The smallest absolute Gasteiger partial charge is 0.128 e. The number of fused-ring (bicyclic) bond motifs is 1. The zero-order chi connectivity index (χ0) is 10.9. The Labute approximate surface area is 88.5 Å². The van der Waals surface area contributed by atoms with Crippen molar-refractivity contribution in [3.63, 3.8) is 0 Å². The summed E-state index contributed by atoms with van der Waals surface area (Å²) in [6.07, 6.45) is 0. The van der Waals surface area contributed by atoms with Gasteiger partial charge in [-0.2, -0.15) is 0 Å². The second-order valence-corrected chi connectivity index (χ2v) is 3.74. The average Bonchev–Trinajstić information content (AvgIpc) is 2.58. The van der Waals surface area contributed by atoms with Crippen molar-refractivity contribution in [2.24, 2.45) is 0 Å². The number of likely N-dealkylation sites (N-methyl/N-ethyl adjacent to an activating group) is 1. The third kappa shape index (κ3) is 1.56. The number of benzene rings is 1. The molecule has 3 N–H and O–H groups in total. The van der Waals surface area contributed by atoms with Crippen molar-refractivity contribution in [1.29, 1.82) is 0 Å². The SMILES string of the molecule is CCNC1(CO)COc2cc(O)ccc21. The minimum Gasteiger partial charge on any atom is -0.508 e. The Morgan fingerprint density at radius 2 is 2.33 bits per heavy atom. The van der Waals surface area contributed by atoms with Gasteiger partial charge in [0.2, 0.25) is 0 Å². The van der Waals surface area contributed by atoms with Crippen molar-refractivity contribution < 1.29 is 14.9 Å². The number of hydrogen-bond donors (Lipinski definition) is 3. The molecule has 4 nitrogen and oxygen atoms in total. The number of nitrogens with one attached hydrogen (secondary N) is 1. The van der Waals surface area contributed by atoms with Gasteiger partial charge in [-0.1, -0.05) is 6.92 Å². The lowest BCUT2D eigenvalue weighted by molar-refractivity contribution is 0.131. The second-order valence-electron chi connectivity index (χ2n) is 3.74. The van der Waals surface area contributed by atoms with Crippen molar-refractivity contribution in [2.75, 3.05) is 19.8 Å². The van der Waals surface area contributed by atoms with E-state index in [0.29, 0.717) is 12.4 Å². The first-order chi connectivity index (χ1) is 7.22. The number of aromatic hydroxyl groups is 1. The van der Waals surface area contributed by atoms with E-state index in [-0.39, 0.29) is 12.4 Å². The van der Waals surface area contributed by atoms with Gasteiger partial charge in [-0.3, -0.25) is 0 Å². The molecule has 82 valence electrons. The number of hydrogen-bond acceptors (Lipinski definition) is 4. The summed E-state index contributed by atoms with van der Waals surface area (Å²) in [5.74, 6) is 0.823. The Morgan fingerprint density at radius 1 is 1.53 bits per heavy atom. The van der Waals surface area contributed by atoms with E-state index in [0.717, 1.165) is 12.1 Å². The molecule has 0 spiro atoms. The number of aliphatic hydroxyl groups excluding tert-OH is 1. The van der Waals surface area contributed by atoms with Crippen LogP contribution < -0.4 is 10.1 Å².